The average Bonchev–Trinajstić information content (AvgIpc) is 2.61. The van der Waals surface area contributed by atoms with Gasteiger partial charge in [-0.05, 0) is 44.0 Å². The number of carboxylic acids is 1. The zero-order chi connectivity index (χ0) is 18.1. The van der Waals surface area contributed by atoms with Crippen LogP contribution in [0.1, 0.15) is 26.2 Å². The number of aliphatic carboxylic acids is 1. The molecule has 7 heteroatoms. The summed E-state index contributed by atoms with van der Waals surface area (Å²) in [5.41, 5.74) is 1.35. The molecule has 1 aromatic heterocycles. The summed E-state index contributed by atoms with van der Waals surface area (Å²) in [5, 5.41) is 17.0. The molecule has 0 radical (unpaired) electrons. The van der Waals surface area contributed by atoms with E-state index in [-0.39, 0.29) is 12.5 Å². The van der Waals surface area contributed by atoms with Gasteiger partial charge in [-0.1, -0.05) is 0 Å². The van der Waals surface area contributed by atoms with E-state index in [1.54, 1.807) is 49.8 Å². The summed E-state index contributed by atoms with van der Waals surface area (Å²) in [6.07, 6.45) is 4.54. The Morgan fingerprint density at radius 2 is 1.88 bits per heavy atom. The molecule has 0 aliphatic rings. The fourth-order valence-electron chi connectivity index (χ4n) is 2.16. The van der Waals surface area contributed by atoms with Gasteiger partial charge in [0.05, 0.1) is 24.6 Å². The van der Waals surface area contributed by atoms with E-state index in [0.717, 1.165) is 0 Å². The van der Waals surface area contributed by atoms with Crippen molar-refractivity contribution in [3.63, 3.8) is 0 Å². The number of benzene rings is 1. The standard InChI is InChI=1S/C18H21N3O4/c1-13(4-3-5-18(22)23)25-16-7-6-15(12-17(16)24-2)21-20-14-8-10-19-11-9-14/h6-13H,3-5H2,1-2H3,(H,22,23). The summed E-state index contributed by atoms with van der Waals surface area (Å²) in [6.45, 7) is 1.90. The third-order valence-corrected chi connectivity index (χ3v) is 3.42. The molecule has 2 rings (SSSR count). The number of hydrogen-bond donors (Lipinski definition) is 1. The Balaban J connectivity index is 2.01. The molecule has 0 saturated heterocycles. The van der Waals surface area contributed by atoms with Crippen molar-refractivity contribution in [3.05, 3.63) is 42.7 Å². The molecule has 1 aromatic carbocycles. The predicted molar refractivity (Wildman–Crippen MR) is 93.0 cm³/mol. The monoisotopic (exact) mass is 343 g/mol. The van der Waals surface area contributed by atoms with Crippen LogP contribution in [0.25, 0.3) is 0 Å². The summed E-state index contributed by atoms with van der Waals surface area (Å²) >= 11 is 0. The molecule has 0 fully saturated rings. The fourth-order valence-corrected chi connectivity index (χ4v) is 2.16. The van der Waals surface area contributed by atoms with Crippen LogP contribution < -0.4 is 9.47 Å². The lowest BCUT2D eigenvalue weighted by molar-refractivity contribution is -0.137. The number of carboxylic acid groups (broad SMARTS) is 1. The third kappa shape index (κ3) is 6.21. The van der Waals surface area contributed by atoms with E-state index in [9.17, 15) is 4.79 Å². The maximum atomic E-state index is 10.6. The van der Waals surface area contributed by atoms with Gasteiger partial charge in [-0.3, -0.25) is 9.78 Å². The van der Waals surface area contributed by atoms with E-state index in [2.05, 4.69) is 15.2 Å². The molecule has 0 aliphatic carbocycles. The summed E-state index contributed by atoms with van der Waals surface area (Å²) in [4.78, 5) is 14.5. The third-order valence-electron chi connectivity index (χ3n) is 3.42. The first kappa shape index (κ1) is 18.4. The van der Waals surface area contributed by atoms with Gasteiger partial charge in [0.15, 0.2) is 11.5 Å². The normalized spacial score (nSPS) is 12.1. The topological polar surface area (TPSA) is 93.4 Å². The molecule has 7 nitrogen and oxygen atoms in total. The van der Waals surface area contributed by atoms with E-state index in [0.29, 0.717) is 35.7 Å². The highest BCUT2D eigenvalue weighted by Crippen LogP contribution is 2.33. The smallest absolute Gasteiger partial charge is 0.303 e. The molecular formula is C18H21N3O4. The van der Waals surface area contributed by atoms with Crippen molar-refractivity contribution in [2.24, 2.45) is 10.2 Å². The molecule has 25 heavy (non-hydrogen) atoms. The molecule has 1 N–H and O–H groups in total. The van der Waals surface area contributed by atoms with Crippen LogP contribution in [0.4, 0.5) is 11.4 Å². The van der Waals surface area contributed by atoms with Gasteiger partial charge in [0.2, 0.25) is 0 Å². The van der Waals surface area contributed by atoms with Crippen molar-refractivity contribution < 1.29 is 19.4 Å². The number of rotatable bonds is 9. The highest BCUT2D eigenvalue weighted by Gasteiger charge is 2.11. The van der Waals surface area contributed by atoms with Crippen LogP contribution in [-0.4, -0.2) is 29.3 Å². The van der Waals surface area contributed by atoms with Gasteiger partial charge >= 0.3 is 5.97 Å². The average molecular weight is 343 g/mol. The minimum absolute atomic E-state index is 0.113. The highest BCUT2D eigenvalue weighted by molar-refractivity contribution is 5.66. The van der Waals surface area contributed by atoms with E-state index in [4.69, 9.17) is 14.6 Å². The Kier molecular flexibility index (Phi) is 6.88. The van der Waals surface area contributed by atoms with Gasteiger partial charge in [-0.15, -0.1) is 0 Å². The van der Waals surface area contributed by atoms with Gasteiger partial charge in [-0.25, -0.2) is 0 Å². The number of methoxy groups -OCH3 is 1. The van der Waals surface area contributed by atoms with E-state index >= 15 is 0 Å². The first-order valence-electron chi connectivity index (χ1n) is 7.96. The molecule has 1 heterocycles. The van der Waals surface area contributed by atoms with Crippen LogP contribution in [0.15, 0.2) is 53.0 Å². The molecule has 0 bridgehead atoms. The van der Waals surface area contributed by atoms with E-state index in [1.165, 1.54) is 0 Å². The quantitative estimate of drug-likeness (QED) is 0.675. The van der Waals surface area contributed by atoms with Crippen molar-refractivity contribution in [3.8, 4) is 11.5 Å². The lowest BCUT2D eigenvalue weighted by atomic mass is 10.2. The second-order valence-electron chi connectivity index (χ2n) is 5.46. The highest BCUT2D eigenvalue weighted by atomic mass is 16.5. The number of azo groups is 1. The van der Waals surface area contributed by atoms with Crippen LogP contribution in [0.3, 0.4) is 0 Å². The Morgan fingerprint density at radius 1 is 1.16 bits per heavy atom. The van der Waals surface area contributed by atoms with Crippen molar-refractivity contribution >= 4 is 17.3 Å². The second-order valence-corrected chi connectivity index (χ2v) is 5.46. The maximum Gasteiger partial charge on any atom is 0.303 e. The van der Waals surface area contributed by atoms with Gasteiger partial charge < -0.3 is 14.6 Å². The number of nitrogens with zero attached hydrogens (tertiary/aromatic N) is 3. The summed E-state index contributed by atoms with van der Waals surface area (Å²) in [6, 6.07) is 8.82. The van der Waals surface area contributed by atoms with Crippen LogP contribution in [0, 0.1) is 0 Å². The van der Waals surface area contributed by atoms with Crippen LogP contribution in [-0.2, 0) is 4.79 Å². The van der Waals surface area contributed by atoms with Gasteiger partial charge in [0, 0.05) is 24.9 Å². The fraction of sp³-hybridized carbons (Fsp3) is 0.333. The summed E-state index contributed by atoms with van der Waals surface area (Å²) < 4.78 is 11.2. The lowest BCUT2D eigenvalue weighted by Crippen LogP contribution is -2.12. The van der Waals surface area contributed by atoms with Crippen molar-refractivity contribution in [2.75, 3.05) is 7.11 Å². The Morgan fingerprint density at radius 3 is 2.56 bits per heavy atom. The van der Waals surface area contributed by atoms with Gasteiger partial charge in [-0.2, -0.15) is 10.2 Å². The Hall–Kier alpha value is -2.96. The van der Waals surface area contributed by atoms with Crippen LogP contribution in [0.5, 0.6) is 11.5 Å². The first-order chi connectivity index (χ1) is 12.1. The molecular weight excluding hydrogens is 322 g/mol. The number of ether oxygens (including phenoxy) is 2. The largest absolute Gasteiger partial charge is 0.493 e. The number of hydrogen-bond acceptors (Lipinski definition) is 6. The summed E-state index contributed by atoms with van der Waals surface area (Å²) in [7, 11) is 1.56. The molecule has 0 spiro atoms. The zero-order valence-corrected chi connectivity index (χ0v) is 14.3. The first-order valence-corrected chi connectivity index (χ1v) is 7.96. The second kappa shape index (κ2) is 9.36. The van der Waals surface area contributed by atoms with E-state index < -0.39 is 5.97 Å². The molecule has 0 saturated carbocycles. The maximum absolute atomic E-state index is 10.6. The number of aromatic nitrogens is 1. The number of carbonyl (C=O) groups is 1. The van der Waals surface area contributed by atoms with Crippen molar-refractivity contribution in [1.29, 1.82) is 0 Å². The van der Waals surface area contributed by atoms with E-state index in [1.807, 2.05) is 6.92 Å². The SMILES string of the molecule is COc1cc(N=Nc2ccncc2)ccc1OC(C)CCCC(=O)O. The van der Waals surface area contributed by atoms with Gasteiger partial charge in [0.1, 0.15) is 0 Å². The number of pyridine rings is 1. The van der Waals surface area contributed by atoms with Crippen LogP contribution in [0.2, 0.25) is 0 Å². The molecule has 0 amide bonds. The Labute approximate surface area is 146 Å². The summed E-state index contributed by atoms with van der Waals surface area (Å²) in [5.74, 6) is 0.346. The zero-order valence-electron chi connectivity index (χ0n) is 14.3. The molecule has 2 aromatic rings. The van der Waals surface area contributed by atoms with Gasteiger partial charge in [0.25, 0.3) is 0 Å². The van der Waals surface area contributed by atoms with Crippen molar-refractivity contribution in [1.82, 2.24) is 4.98 Å². The molecule has 132 valence electrons. The van der Waals surface area contributed by atoms with Crippen LogP contribution >= 0.6 is 0 Å². The molecule has 1 unspecified atom stereocenters. The molecule has 1 atom stereocenters. The minimum atomic E-state index is -0.798. The van der Waals surface area contributed by atoms with Crippen molar-refractivity contribution in [2.45, 2.75) is 32.3 Å². The minimum Gasteiger partial charge on any atom is -0.493 e. The lowest BCUT2D eigenvalue weighted by Gasteiger charge is -2.16. The predicted octanol–water partition coefficient (Wildman–Crippen LogP) is 4.53. The Bertz CT molecular complexity index is 720. The molecule has 0 aliphatic heterocycles.